The molecule has 0 radical (unpaired) electrons. The summed E-state index contributed by atoms with van der Waals surface area (Å²) in [5, 5.41) is 2.89. The number of rotatable bonds is 3. The molecule has 0 saturated heterocycles. The lowest BCUT2D eigenvalue weighted by atomic mass is 10.0. The van der Waals surface area contributed by atoms with Crippen LogP contribution in [0, 0.1) is 5.82 Å². The molecule has 1 aromatic rings. The number of anilines is 1. The molecule has 0 aliphatic heterocycles. The Kier molecular flexibility index (Phi) is 3.29. The molecule has 0 aliphatic carbocycles. The van der Waals surface area contributed by atoms with Gasteiger partial charge >= 0.3 is 0 Å². The molecule has 0 atom stereocenters. The molecule has 0 unspecified atom stereocenters. The predicted molar refractivity (Wildman–Crippen MR) is 54.7 cm³/mol. The lowest BCUT2D eigenvalue weighted by molar-refractivity contribution is 0.627. The maximum Gasteiger partial charge on any atom is 0.146 e. The van der Waals surface area contributed by atoms with Crippen molar-refractivity contribution in [3.63, 3.8) is 0 Å². The monoisotopic (exact) mass is 181 g/mol. The lowest BCUT2D eigenvalue weighted by Crippen LogP contribution is -1.99. The van der Waals surface area contributed by atoms with Gasteiger partial charge in [0.2, 0.25) is 0 Å². The standard InChI is InChI=1S/C11H16FN/c1-4-8-6-9(5-2)11(13-3)10(12)7-8/h6-7,13H,4-5H2,1-3H3. The van der Waals surface area contributed by atoms with Crippen molar-refractivity contribution in [3.05, 3.63) is 29.1 Å². The van der Waals surface area contributed by atoms with Crippen molar-refractivity contribution in [2.24, 2.45) is 0 Å². The summed E-state index contributed by atoms with van der Waals surface area (Å²) in [5.74, 6) is -0.140. The van der Waals surface area contributed by atoms with E-state index in [1.54, 1.807) is 13.1 Å². The van der Waals surface area contributed by atoms with Crippen LogP contribution in [-0.2, 0) is 12.8 Å². The largest absolute Gasteiger partial charge is 0.386 e. The normalized spacial score (nSPS) is 10.2. The minimum absolute atomic E-state index is 0.140. The van der Waals surface area contributed by atoms with E-state index >= 15 is 0 Å². The van der Waals surface area contributed by atoms with E-state index in [0.717, 1.165) is 24.0 Å². The van der Waals surface area contributed by atoms with Gasteiger partial charge in [-0.15, -0.1) is 0 Å². The van der Waals surface area contributed by atoms with Gasteiger partial charge in [-0.25, -0.2) is 4.39 Å². The summed E-state index contributed by atoms with van der Waals surface area (Å²) in [6.45, 7) is 4.07. The van der Waals surface area contributed by atoms with Gasteiger partial charge < -0.3 is 5.32 Å². The molecule has 0 amide bonds. The maximum atomic E-state index is 13.4. The van der Waals surface area contributed by atoms with Crippen LogP contribution in [0.15, 0.2) is 12.1 Å². The third-order valence-electron chi connectivity index (χ3n) is 2.27. The van der Waals surface area contributed by atoms with Gasteiger partial charge in [0.25, 0.3) is 0 Å². The van der Waals surface area contributed by atoms with Crippen LogP contribution < -0.4 is 5.32 Å². The van der Waals surface area contributed by atoms with Crippen molar-refractivity contribution in [1.29, 1.82) is 0 Å². The minimum atomic E-state index is -0.140. The highest BCUT2D eigenvalue weighted by molar-refractivity contribution is 5.53. The van der Waals surface area contributed by atoms with Crippen LogP contribution in [0.1, 0.15) is 25.0 Å². The summed E-state index contributed by atoms with van der Waals surface area (Å²) >= 11 is 0. The van der Waals surface area contributed by atoms with Gasteiger partial charge in [-0.3, -0.25) is 0 Å². The molecule has 1 N–H and O–H groups in total. The fourth-order valence-corrected chi connectivity index (χ4v) is 1.49. The summed E-state index contributed by atoms with van der Waals surface area (Å²) < 4.78 is 13.4. The van der Waals surface area contributed by atoms with E-state index in [-0.39, 0.29) is 5.82 Å². The van der Waals surface area contributed by atoms with Crippen molar-refractivity contribution in [3.8, 4) is 0 Å². The molecule has 0 aliphatic rings. The number of nitrogens with one attached hydrogen (secondary N) is 1. The molecule has 72 valence electrons. The van der Waals surface area contributed by atoms with Crippen molar-refractivity contribution in [2.75, 3.05) is 12.4 Å². The number of aryl methyl sites for hydroxylation is 2. The van der Waals surface area contributed by atoms with Crippen LogP contribution in [0.3, 0.4) is 0 Å². The molecule has 13 heavy (non-hydrogen) atoms. The Balaban J connectivity index is 3.20. The quantitative estimate of drug-likeness (QED) is 0.755. The second-order valence-electron chi connectivity index (χ2n) is 3.07. The Morgan fingerprint density at radius 3 is 2.38 bits per heavy atom. The highest BCUT2D eigenvalue weighted by Gasteiger charge is 2.06. The summed E-state index contributed by atoms with van der Waals surface area (Å²) in [7, 11) is 1.75. The first-order valence-corrected chi connectivity index (χ1v) is 4.72. The second kappa shape index (κ2) is 4.26. The number of hydrogen-bond donors (Lipinski definition) is 1. The zero-order valence-electron chi connectivity index (χ0n) is 8.45. The van der Waals surface area contributed by atoms with E-state index in [9.17, 15) is 4.39 Å². The molecule has 0 heterocycles. The van der Waals surface area contributed by atoms with Gasteiger partial charge in [-0.1, -0.05) is 19.9 Å². The molecule has 1 aromatic carbocycles. The van der Waals surface area contributed by atoms with E-state index < -0.39 is 0 Å². The summed E-state index contributed by atoms with van der Waals surface area (Å²) in [6, 6.07) is 3.67. The summed E-state index contributed by atoms with van der Waals surface area (Å²) in [6.07, 6.45) is 1.74. The molecular formula is C11H16FN. The fraction of sp³-hybridized carbons (Fsp3) is 0.455. The van der Waals surface area contributed by atoms with Gasteiger partial charge in [0.05, 0.1) is 5.69 Å². The minimum Gasteiger partial charge on any atom is -0.386 e. The number of halogens is 1. The predicted octanol–water partition coefficient (Wildman–Crippen LogP) is 2.99. The Hall–Kier alpha value is -1.05. The van der Waals surface area contributed by atoms with Crippen molar-refractivity contribution >= 4 is 5.69 Å². The van der Waals surface area contributed by atoms with Crippen molar-refractivity contribution in [1.82, 2.24) is 0 Å². The van der Waals surface area contributed by atoms with Crippen LogP contribution in [0.5, 0.6) is 0 Å². The van der Waals surface area contributed by atoms with E-state index in [4.69, 9.17) is 0 Å². The Morgan fingerprint density at radius 2 is 1.92 bits per heavy atom. The Labute approximate surface area is 79.0 Å². The second-order valence-corrected chi connectivity index (χ2v) is 3.07. The molecule has 0 saturated carbocycles. The molecule has 0 aromatic heterocycles. The van der Waals surface area contributed by atoms with Crippen LogP contribution in [0.25, 0.3) is 0 Å². The van der Waals surface area contributed by atoms with Crippen LogP contribution in [0.2, 0.25) is 0 Å². The van der Waals surface area contributed by atoms with Crippen LogP contribution >= 0.6 is 0 Å². The average Bonchev–Trinajstić information content (AvgIpc) is 2.16. The van der Waals surface area contributed by atoms with E-state index in [1.807, 2.05) is 13.8 Å². The first-order chi connectivity index (χ1) is 6.22. The van der Waals surface area contributed by atoms with Crippen molar-refractivity contribution in [2.45, 2.75) is 26.7 Å². The number of hydrogen-bond acceptors (Lipinski definition) is 1. The first kappa shape index (κ1) is 10.0. The molecule has 2 heteroatoms. The third-order valence-corrected chi connectivity index (χ3v) is 2.27. The van der Waals surface area contributed by atoms with Crippen molar-refractivity contribution < 1.29 is 4.39 Å². The molecule has 1 nitrogen and oxygen atoms in total. The van der Waals surface area contributed by atoms with Gasteiger partial charge in [0.1, 0.15) is 5.82 Å². The fourth-order valence-electron chi connectivity index (χ4n) is 1.49. The average molecular weight is 181 g/mol. The van der Waals surface area contributed by atoms with Gasteiger partial charge in [0.15, 0.2) is 0 Å². The molecule has 1 rings (SSSR count). The zero-order valence-corrected chi connectivity index (χ0v) is 8.45. The van der Waals surface area contributed by atoms with E-state index in [0.29, 0.717) is 5.69 Å². The highest BCUT2D eigenvalue weighted by atomic mass is 19.1. The van der Waals surface area contributed by atoms with Crippen LogP contribution in [-0.4, -0.2) is 7.05 Å². The smallest absolute Gasteiger partial charge is 0.146 e. The van der Waals surface area contributed by atoms with E-state index in [2.05, 4.69) is 11.4 Å². The molecule has 0 bridgehead atoms. The molecule has 0 spiro atoms. The van der Waals surface area contributed by atoms with Crippen LogP contribution in [0.4, 0.5) is 10.1 Å². The van der Waals surface area contributed by atoms with E-state index in [1.165, 1.54) is 0 Å². The SMILES string of the molecule is CCc1cc(F)c(NC)c(CC)c1. The molecule has 0 fully saturated rings. The molecular weight excluding hydrogens is 165 g/mol. The Morgan fingerprint density at radius 1 is 1.23 bits per heavy atom. The maximum absolute atomic E-state index is 13.4. The zero-order chi connectivity index (χ0) is 9.84. The topological polar surface area (TPSA) is 12.0 Å². The van der Waals surface area contributed by atoms with Gasteiger partial charge in [-0.05, 0) is 30.0 Å². The summed E-state index contributed by atoms with van der Waals surface area (Å²) in [5.41, 5.74) is 2.76. The number of benzene rings is 1. The highest BCUT2D eigenvalue weighted by Crippen LogP contribution is 2.22. The Bertz CT molecular complexity index is 294. The third kappa shape index (κ3) is 2.00. The first-order valence-electron chi connectivity index (χ1n) is 4.72. The summed E-state index contributed by atoms with van der Waals surface area (Å²) in [4.78, 5) is 0. The van der Waals surface area contributed by atoms with Gasteiger partial charge in [0, 0.05) is 7.05 Å². The lowest BCUT2D eigenvalue weighted by Gasteiger charge is -2.10. The van der Waals surface area contributed by atoms with Gasteiger partial charge in [-0.2, -0.15) is 0 Å².